The molecule has 0 aliphatic heterocycles. The largest absolute Gasteiger partial charge is 0.387 e. The Labute approximate surface area is 78.5 Å². The highest BCUT2D eigenvalue weighted by atomic mass is 16.3. The van der Waals surface area contributed by atoms with Gasteiger partial charge in [-0.15, -0.1) is 0 Å². The van der Waals surface area contributed by atoms with Crippen LogP contribution in [0.4, 0.5) is 0 Å². The van der Waals surface area contributed by atoms with Gasteiger partial charge in [0, 0.05) is 6.54 Å². The third kappa shape index (κ3) is 2.52. The van der Waals surface area contributed by atoms with Crippen molar-refractivity contribution < 1.29 is 5.11 Å². The van der Waals surface area contributed by atoms with Gasteiger partial charge >= 0.3 is 0 Å². The molecule has 0 fully saturated rings. The van der Waals surface area contributed by atoms with Gasteiger partial charge in [-0.3, -0.25) is 11.3 Å². The standard InChI is InChI=1S/C10H16N2O/c1-7-3-4-9(8(2)5-7)10(13)6-12-11/h3-5,10,12-13H,6,11H2,1-2H3. The summed E-state index contributed by atoms with van der Waals surface area (Å²) in [5.41, 5.74) is 5.69. The summed E-state index contributed by atoms with van der Waals surface area (Å²) in [6.07, 6.45) is -0.523. The van der Waals surface area contributed by atoms with Gasteiger partial charge in [-0.2, -0.15) is 0 Å². The highest BCUT2D eigenvalue weighted by Gasteiger charge is 2.08. The number of aliphatic hydroxyl groups is 1. The molecule has 1 aromatic carbocycles. The van der Waals surface area contributed by atoms with Gasteiger partial charge in [0.15, 0.2) is 0 Å². The number of aliphatic hydroxyl groups excluding tert-OH is 1. The highest BCUT2D eigenvalue weighted by molar-refractivity contribution is 5.32. The topological polar surface area (TPSA) is 58.3 Å². The second kappa shape index (κ2) is 4.37. The molecule has 0 saturated heterocycles. The van der Waals surface area contributed by atoms with Crippen molar-refractivity contribution in [3.05, 3.63) is 34.9 Å². The maximum Gasteiger partial charge on any atom is 0.0930 e. The maximum atomic E-state index is 9.65. The van der Waals surface area contributed by atoms with Crippen LogP contribution in [0.25, 0.3) is 0 Å². The van der Waals surface area contributed by atoms with Crippen LogP contribution in [0.15, 0.2) is 18.2 Å². The number of hydrazine groups is 1. The van der Waals surface area contributed by atoms with Crippen LogP contribution in [0.5, 0.6) is 0 Å². The molecule has 0 heterocycles. The lowest BCUT2D eigenvalue weighted by atomic mass is 10.0. The minimum atomic E-state index is -0.523. The molecule has 13 heavy (non-hydrogen) atoms. The van der Waals surface area contributed by atoms with Crippen molar-refractivity contribution in [1.29, 1.82) is 0 Å². The Kier molecular flexibility index (Phi) is 3.42. The first kappa shape index (κ1) is 10.2. The van der Waals surface area contributed by atoms with Gasteiger partial charge in [-0.05, 0) is 25.0 Å². The fourth-order valence-electron chi connectivity index (χ4n) is 1.42. The van der Waals surface area contributed by atoms with Crippen molar-refractivity contribution in [2.75, 3.05) is 6.54 Å². The van der Waals surface area contributed by atoms with E-state index in [1.165, 1.54) is 5.56 Å². The van der Waals surface area contributed by atoms with Crippen LogP contribution >= 0.6 is 0 Å². The normalized spacial score (nSPS) is 12.9. The van der Waals surface area contributed by atoms with Gasteiger partial charge in [0.1, 0.15) is 0 Å². The zero-order valence-corrected chi connectivity index (χ0v) is 8.04. The molecule has 3 heteroatoms. The Morgan fingerprint density at radius 2 is 2.15 bits per heavy atom. The zero-order chi connectivity index (χ0) is 9.84. The van der Waals surface area contributed by atoms with Gasteiger partial charge < -0.3 is 5.11 Å². The fourth-order valence-corrected chi connectivity index (χ4v) is 1.42. The van der Waals surface area contributed by atoms with Gasteiger partial charge in [0.2, 0.25) is 0 Å². The highest BCUT2D eigenvalue weighted by Crippen LogP contribution is 2.17. The van der Waals surface area contributed by atoms with Gasteiger partial charge in [0.05, 0.1) is 6.10 Å². The number of rotatable bonds is 3. The Hall–Kier alpha value is -0.900. The van der Waals surface area contributed by atoms with Gasteiger partial charge in [-0.1, -0.05) is 23.8 Å². The first-order valence-corrected chi connectivity index (χ1v) is 4.34. The third-order valence-electron chi connectivity index (χ3n) is 2.10. The Bertz CT molecular complexity index is 286. The molecule has 0 aromatic heterocycles. The molecule has 0 aliphatic rings. The van der Waals surface area contributed by atoms with E-state index in [1.54, 1.807) is 0 Å². The zero-order valence-electron chi connectivity index (χ0n) is 8.04. The molecule has 0 saturated carbocycles. The fraction of sp³-hybridized carbons (Fsp3) is 0.400. The third-order valence-corrected chi connectivity index (χ3v) is 2.10. The molecule has 1 rings (SSSR count). The van der Waals surface area contributed by atoms with Crippen LogP contribution in [-0.2, 0) is 0 Å². The second-order valence-electron chi connectivity index (χ2n) is 3.28. The van der Waals surface area contributed by atoms with E-state index in [9.17, 15) is 5.11 Å². The molecule has 72 valence electrons. The van der Waals surface area contributed by atoms with E-state index >= 15 is 0 Å². The number of aryl methyl sites for hydroxylation is 2. The number of hydrogen-bond acceptors (Lipinski definition) is 3. The maximum absolute atomic E-state index is 9.65. The van der Waals surface area contributed by atoms with Crippen molar-refractivity contribution in [3.63, 3.8) is 0 Å². The van der Waals surface area contributed by atoms with Crippen molar-refractivity contribution in [3.8, 4) is 0 Å². The number of benzene rings is 1. The molecule has 0 amide bonds. The van der Waals surface area contributed by atoms with Crippen molar-refractivity contribution in [1.82, 2.24) is 5.43 Å². The minimum absolute atomic E-state index is 0.379. The number of hydrogen-bond donors (Lipinski definition) is 3. The van der Waals surface area contributed by atoms with E-state index in [0.29, 0.717) is 6.54 Å². The number of nitrogens with one attached hydrogen (secondary N) is 1. The van der Waals surface area contributed by atoms with Crippen LogP contribution < -0.4 is 11.3 Å². The van der Waals surface area contributed by atoms with Crippen LogP contribution in [0.2, 0.25) is 0 Å². The summed E-state index contributed by atoms with van der Waals surface area (Å²) in [5, 5.41) is 9.65. The SMILES string of the molecule is Cc1ccc(C(O)CNN)c(C)c1. The number of nitrogens with two attached hydrogens (primary N) is 1. The van der Waals surface area contributed by atoms with E-state index in [2.05, 4.69) is 11.5 Å². The van der Waals surface area contributed by atoms with E-state index in [1.807, 2.05) is 26.0 Å². The molecule has 0 spiro atoms. The molecule has 0 aliphatic carbocycles. The van der Waals surface area contributed by atoms with E-state index < -0.39 is 6.10 Å². The van der Waals surface area contributed by atoms with Crippen molar-refractivity contribution in [2.45, 2.75) is 20.0 Å². The van der Waals surface area contributed by atoms with E-state index in [4.69, 9.17) is 5.84 Å². The second-order valence-corrected chi connectivity index (χ2v) is 3.28. The molecule has 0 bridgehead atoms. The lowest BCUT2D eigenvalue weighted by Gasteiger charge is -2.13. The first-order chi connectivity index (χ1) is 6.15. The van der Waals surface area contributed by atoms with Gasteiger partial charge in [0.25, 0.3) is 0 Å². The van der Waals surface area contributed by atoms with Crippen molar-refractivity contribution >= 4 is 0 Å². The first-order valence-electron chi connectivity index (χ1n) is 4.34. The summed E-state index contributed by atoms with van der Waals surface area (Å²) in [6.45, 7) is 4.40. The average molecular weight is 180 g/mol. The Balaban J connectivity index is 2.88. The van der Waals surface area contributed by atoms with Crippen LogP contribution in [-0.4, -0.2) is 11.7 Å². The van der Waals surface area contributed by atoms with E-state index in [0.717, 1.165) is 11.1 Å². The monoisotopic (exact) mass is 180 g/mol. The lowest BCUT2D eigenvalue weighted by molar-refractivity contribution is 0.174. The molecule has 3 nitrogen and oxygen atoms in total. The minimum Gasteiger partial charge on any atom is -0.387 e. The molecular weight excluding hydrogens is 164 g/mol. The lowest BCUT2D eigenvalue weighted by Crippen LogP contribution is -2.27. The summed E-state index contributed by atoms with van der Waals surface area (Å²) < 4.78 is 0. The summed E-state index contributed by atoms with van der Waals surface area (Å²) in [6, 6.07) is 5.98. The quantitative estimate of drug-likeness (QED) is 0.476. The van der Waals surface area contributed by atoms with Crippen LogP contribution in [0, 0.1) is 13.8 Å². The van der Waals surface area contributed by atoms with Crippen LogP contribution in [0.1, 0.15) is 22.8 Å². The predicted molar refractivity (Wildman–Crippen MR) is 53.1 cm³/mol. The summed E-state index contributed by atoms with van der Waals surface area (Å²) >= 11 is 0. The molecule has 4 N–H and O–H groups in total. The summed E-state index contributed by atoms with van der Waals surface area (Å²) in [4.78, 5) is 0. The molecule has 0 radical (unpaired) electrons. The predicted octanol–water partition coefficient (Wildman–Crippen LogP) is 0.800. The van der Waals surface area contributed by atoms with Crippen LogP contribution in [0.3, 0.4) is 0 Å². The van der Waals surface area contributed by atoms with E-state index in [-0.39, 0.29) is 0 Å². The molecule has 1 aromatic rings. The molecule has 1 unspecified atom stereocenters. The smallest absolute Gasteiger partial charge is 0.0930 e. The molecule has 1 atom stereocenters. The van der Waals surface area contributed by atoms with Gasteiger partial charge in [-0.25, -0.2) is 0 Å². The average Bonchev–Trinajstić information content (AvgIpc) is 2.04. The Morgan fingerprint density at radius 3 is 2.69 bits per heavy atom. The summed E-state index contributed by atoms with van der Waals surface area (Å²) in [5.74, 6) is 5.14. The van der Waals surface area contributed by atoms with Crippen molar-refractivity contribution in [2.24, 2.45) is 5.84 Å². The summed E-state index contributed by atoms with van der Waals surface area (Å²) in [7, 11) is 0. The Morgan fingerprint density at radius 1 is 1.46 bits per heavy atom. The molecular formula is C10H16N2O.